The maximum atomic E-state index is 4.87. The van der Waals surface area contributed by atoms with E-state index in [2.05, 4.69) is 26.1 Å². The van der Waals surface area contributed by atoms with Crippen LogP contribution in [0.4, 0.5) is 0 Å². The van der Waals surface area contributed by atoms with Gasteiger partial charge in [0.25, 0.3) is 0 Å². The molecule has 4 atom stereocenters. The number of rotatable bonds is 1. The fraction of sp³-hybridized carbons (Fsp3) is 0.917. The maximum Gasteiger partial charge on any atom is 0.157 e. The molecule has 2 nitrogen and oxygen atoms in total. The summed E-state index contributed by atoms with van der Waals surface area (Å²) in [5.41, 5.74) is 0. The quantitative estimate of drug-likeness (QED) is 0.743. The van der Waals surface area contributed by atoms with Gasteiger partial charge in [-0.05, 0) is 31.6 Å². The largest absolute Gasteiger partial charge is 0.362 e. The Kier molecular flexibility index (Phi) is 3.60. The van der Waals surface area contributed by atoms with Crippen LogP contribution in [0.2, 0.25) is 0 Å². The Morgan fingerprint density at radius 2 is 2.00 bits per heavy atom. The SMILES string of the molecule is CC1CCCC1N=C1NC(C)C(C)CS1. The average molecular weight is 226 g/mol. The predicted molar refractivity (Wildman–Crippen MR) is 68.5 cm³/mol. The van der Waals surface area contributed by atoms with E-state index < -0.39 is 0 Å². The minimum Gasteiger partial charge on any atom is -0.362 e. The molecule has 0 radical (unpaired) electrons. The number of hydrogen-bond donors (Lipinski definition) is 1. The van der Waals surface area contributed by atoms with Gasteiger partial charge in [0.2, 0.25) is 0 Å². The topological polar surface area (TPSA) is 24.4 Å². The van der Waals surface area contributed by atoms with Crippen LogP contribution < -0.4 is 5.32 Å². The summed E-state index contributed by atoms with van der Waals surface area (Å²) in [4.78, 5) is 4.87. The molecule has 0 bridgehead atoms. The smallest absolute Gasteiger partial charge is 0.157 e. The molecule has 2 fully saturated rings. The van der Waals surface area contributed by atoms with Gasteiger partial charge in [0.05, 0.1) is 6.04 Å². The lowest BCUT2D eigenvalue weighted by atomic mass is 10.1. The lowest BCUT2D eigenvalue weighted by Crippen LogP contribution is -2.42. The molecule has 3 heteroatoms. The summed E-state index contributed by atoms with van der Waals surface area (Å²) in [6, 6.07) is 1.17. The molecule has 1 heterocycles. The van der Waals surface area contributed by atoms with Gasteiger partial charge in [-0.3, -0.25) is 4.99 Å². The Balaban J connectivity index is 1.95. The van der Waals surface area contributed by atoms with E-state index in [9.17, 15) is 0 Å². The van der Waals surface area contributed by atoms with Crippen molar-refractivity contribution in [3.8, 4) is 0 Å². The summed E-state index contributed by atoms with van der Waals surface area (Å²) < 4.78 is 0. The van der Waals surface area contributed by atoms with Crippen LogP contribution in [-0.2, 0) is 0 Å². The zero-order chi connectivity index (χ0) is 10.8. The first-order valence-corrected chi connectivity index (χ1v) is 7.12. The van der Waals surface area contributed by atoms with E-state index in [0.717, 1.165) is 11.8 Å². The third kappa shape index (κ3) is 2.68. The molecule has 15 heavy (non-hydrogen) atoms. The zero-order valence-electron chi connectivity index (χ0n) is 9.99. The number of hydrogen-bond acceptors (Lipinski definition) is 2. The third-order valence-corrected chi connectivity index (χ3v) is 4.98. The summed E-state index contributed by atoms with van der Waals surface area (Å²) in [6.07, 6.45) is 4.01. The lowest BCUT2D eigenvalue weighted by molar-refractivity contribution is 0.483. The first-order valence-electron chi connectivity index (χ1n) is 6.14. The van der Waals surface area contributed by atoms with Crippen LogP contribution in [0.5, 0.6) is 0 Å². The van der Waals surface area contributed by atoms with Crippen molar-refractivity contribution in [2.24, 2.45) is 16.8 Å². The number of amidine groups is 1. The molecule has 86 valence electrons. The first kappa shape index (κ1) is 11.3. The zero-order valence-corrected chi connectivity index (χ0v) is 10.8. The second-order valence-electron chi connectivity index (χ2n) is 5.13. The normalized spacial score (nSPS) is 44.3. The van der Waals surface area contributed by atoms with Crippen molar-refractivity contribution < 1.29 is 0 Å². The van der Waals surface area contributed by atoms with Crippen LogP contribution in [-0.4, -0.2) is 23.0 Å². The van der Waals surface area contributed by atoms with Crippen molar-refractivity contribution in [1.82, 2.24) is 5.32 Å². The van der Waals surface area contributed by atoms with Crippen LogP contribution in [0.25, 0.3) is 0 Å². The Labute approximate surface area is 97.3 Å². The van der Waals surface area contributed by atoms with Crippen LogP contribution in [0.3, 0.4) is 0 Å². The molecule has 0 amide bonds. The van der Waals surface area contributed by atoms with Crippen LogP contribution in [0.15, 0.2) is 4.99 Å². The van der Waals surface area contributed by atoms with Crippen molar-refractivity contribution in [1.29, 1.82) is 0 Å². The highest BCUT2D eigenvalue weighted by Gasteiger charge is 2.26. The number of aliphatic imine (C=N–C) groups is 1. The van der Waals surface area contributed by atoms with Crippen molar-refractivity contribution in [3.05, 3.63) is 0 Å². The molecule has 1 saturated carbocycles. The van der Waals surface area contributed by atoms with Gasteiger partial charge in [-0.25, -0.2) is 0 Å². The summed E-state index contributed by atoms with van der Waals surface area (Å²) in [5, 5.41) is 4.72. The van der Waals surface area contributed by atoms with Gasteiger partial charge >= 0.3 is 0 Å². The molecule has 0 spiro atoms. The van der Waals surface area contributed by atoms with Crippen molar-refractivity contribution in [2.45, 2.75) is 52.1 Å². The third-order valence-electron chi connectivity index (χ3n) is 3.79. The van der Waals surface area contributed by atoms with Crippen LogP contribution in [0, 0.1) is 11.8 Å². The summed E-state index contributed by atoms with van der Waals surface area (Å²) in [6.45, 7) is 6.90. The molecule has 0 aromatic heterocycles. The Morgan fingerprint density at radius 1 is 1.20 bits per heavy atom. The molecule has 4 unspecified atom stereocenters. The molecular weight excluding hydrogens is 204 g/mol. The van der Waals surface area contributed by atoms with Gasteiger partial charge in [0.15, 0.2) is 5.17 Å². The number of nitrogens with zero attached hydrogens (tertiary/aromatic N) is 1. The second-order valence-corrected chi connectivity index (χ2v) is 6.14. The van der Waals surface area contributed by atoms with Gasteiger partial charge in [0, 0.05) is 11.8 Å². The Hall–Kier alpha value is -0.180. The summed E-state index contributed by atoms with van der Waals surface area (Å²) in [7, 11) is 0. The Bertz CT molecular complexity index is 252. The van der Waals surface area contributed by atoms with E-state index >= 15 is 0 Å². The van der Waals surface area contributed by atoms with Gasteiger partial charge in [-0.2, -0.15) is 0 Å². The summed E-state index contributed by atoms with van der Waals surface area (Å²) >= 11 is 1.90. The van der Waals surface area contributed by atoms with Crippen molar-refractivity contribution in [2.75, 3.05) is 5.75 Å². The van der Waals surface area contributed by atoms with E-state index in [-0.39, 0.29) is 0 Å². The lowest BCUT2D eigenvalue weighted by Gasteiger charge is -2.29. The van der Waals surface area contributed by atoms with E-state index in [1.807, 2.05) is 11.8 Å². The van der Waals surface area contributed by atoms with E-state index in [4.69, 9.17) is 4.99 Å². The van der Waals surface area contributed by atoms with Gasteiger partial charge in [0.1, 0.15) is 0 Å². The van der Waals surface area contributed by atoms with Crippen molar-refractivity contribution >= 4 is 16.9 Å². The second kappa shape index (κ2) is 4.77. The average Bonchev–Trinajstić information content (AvgIpc) is 2.59. The molecule has 1 N–H and O–H groups in total. The van der Waals surface area contributed by atoms with Gasteiger partial charge in [-0.15, -0.1) is 0 Å². The fourth-order valence-corrected chi connectivity index (χ4v) is 3.46. The standard InChI is InChI=1S/C12H22N2S/c1-8-5-4-6-11(8)14-12-13-10(3)9(2)7-15-12/h8-11H,4-7H2,1-3H3,(H,13,14). The Morgan fingerprint density at radius 3 is 2.60 bits per heavy atom. The van der Waals surface area contributed by atoms with Gasteiger partial charge < -0.3 is 5.32 Å². The molecule has 2 rings (SSSR count). The number of thioether (sulfide) groups is 1. The molecular formula is C12H22N2S. The first-order chi connectivity index (χ1) is 7.16. The van der Waals surface area contributed by atoms with Crippen LogP contribution in [0.1, 0.15) is 40.0 Å². The van der Waals surface area contributed by atoms with Gasteiger partial charge in [-0.1, -0.05) is 32.0 Å². The molecule has 1 aliphatic carbocycles. The minimum absolute atomic E-state index is 0.584. The molecule has 2 aliphatic rings. The molecule has 1 saturated heterocycles. The highest BCUT2D eigenvalue weighted by Crippen LogP contribution is 2.29. The minimum atomic E-state index is 0.584. The van der Waals surface area contributed by atoms with E-state index in [0.29, 0.717) is 12.1 Å². The predicted octanol–water partition coefficient (Wildman–Crippen LogP) is 2.89. The summed E-state index contributed by atoms with van der Waals surface area (Å²) in [5.74, 6) is 2.76. The molecule has 0 aromatic rings. The highest BCUT2D eigenvalue weighted by atomic mass is 32.2. The molecule has 0 aromatic carbocycles. The number of nitrogens with one attached hydrogen (secondary N) is 1. The fourth-order valence-electron chi connectivity index (χ4n) is 2.28. The molecule has 1 aliphatic heterocycles. The van der Waals surface area contributed by atoms with E-state index in [1.54, 1.807) is 0 Å². The van der Waals surface area contributed by atoms with Crippen LogP contribution >= 0.6 is 11.8 Å². The van der Waals surface area contributed by atoms with E-state index in [1.165, 1.54) is 30.2 Å². The monoisotopic (exact) mass is 226 g/mol. The maximum absolute atomic E-state index is 4.87. The highest BCUT2D eigenvalue weighted by molar-refractivity contribution is 8.13. The van der Waals surface area contributed by atoms with Crippen molar-refractivity contribution in [3.63, 3.8) is 0 Å².